The lowest BCUT2D eigenvalue weighted by atomic mass is 10.1. The number of hydrogen-bond acceptors (Lipinski definition) is 6. The fourth-order valence-corrected chi connectivity index (χ4v) is 4.10. The summed E-state index contributed by atoms with van der Waals surface area (Å²) in [4.78, 5) is 27.6. The number of ether oxygens (including phenoxy) is 1. The van der Waals surface area contributed by atoms with Gasteiger partial charge in [-0.3, -0.25) is 4.79 Å². The van der Waals surface area contributed by atoms with Gasteiger partial charge in [0.2, 0.25) is 5.88 Å². The van der Waals surface area contributed by atoms with Crippen molar-refractivity contribution in [1.82, 2.24) is 19.8 Å². The summed E-state index contributed by atoms with van der Waals surface area (Å²) < 4.78 is 5.90. The first-order valence-corrected chi connectivity index (χ1v) is 10.9. The number of fused-ring (bicyclic) bond motifs is 1. The average Bonchev–Trinajstić information content (AvgIpc) is 3.29. The molecule has 1 fully saturated rings. The zero-order valence-corrected chi connectivity index (χ0v) is 18.0. The van der Waals surface area contributed by atoms with Crippen molar-refractivity contribution < 1.29 is 9.53 Å². The van der Waals surface area contributed by atoms with E-state index >= 15 is 0 Å². The van der Waals surface area contributed by atoms with Gasteiger partial charge in [-0.05, 0) is 50.0 Å². The summed E-state index contributed by atoms with van der Waals surface area (Å²) in [6, 6.07) is 7.86. The molecule has 1 amide bonds. The third-order valence-corrected chi connectivity index (χ3v) is 5.81. The molecule has 0 aliphatic carbocycles. The van der Waals surface area contributed by atoms with Gasteiger partial charge in [-0.25, -0.2) is 9.97 Å². The molecule has 7 nitrogen and oxygen atoms in total. The second-order valence-electron chi connectivity index (χ2n) is 8.28. The van der Waals surface area contributed by atoms with Crippen LogP contribution in [-0.2, 0) is 13.0 Å². The molecule has 7 heteroatoms. The van der Waals surface area contributed by atoms with E-state index in [0.29, 0.717) is 5.56 Å². The highest BCUT2D eigenvalue weighted by molar-refractivity contribution is 5.93. The maximum Gasteiger partial charge on any atom is 0.254 e. The Morgan fingerprint density at radius 2 is 1.97 bits per heavy atom. The molecule has 0 saturated carbocycles. The highest BCUT2D eigenvalue weighted by Crippen LogP contribution is 2.24. The molecule has 4 rings (SSSR count). The average molecular weight is 410 g/mol. The number of nitrogens with zero attached hydrogens (tertiary/aromatic N) is 5. The van der Waals surface area contributed by atoms with Crippen molar-refractivity contribution in [3.05, 3.63) is 47.3 Å². The second kappa shape index (κ2) is 9.43. The number of likely N-dealkylation sites (tertiary alicyclic amines) is 1. The summed E-state index contributed by atoms with van der Waals surface area (Å²) in [6.45, 7) is 5.92. The van der Waals surface area contributed by atoms with E-state index in [1.165, 1.54) is 31.5 Å². The minimum absolute atomic E-state index is 0.0322. The lowest BCUT2D eigenvalue weighted by molar-refractivity contribution is 0.0827. The van der Waals surface area contributed by atoms with Gasteiger partial charge < -0.3 is 19.4 Å². The molecule has 2 aliphatic rings. The van der Waals surface area contributed by atoms with Gasteiger partial charge in [0.15, 0.2) is 0 Å². The molecular weight excluding hydrogens is 378 g/mol. The highest BCUT2D eigenvalue weighted by atomic mass is 16.5. The molecule has 160 valence electrons. The van der Waals surface area contributed by atoms with Crippen LogP contribution in [0.1, 0.15) is 40.9 Å². The standard InChI is InChI=1S/C23H31N5O2/c1-26(2)23(29)18-6-8-21(24-16-18)28-14-10-20-19(17-28)7-9-22(25-20)30-15-5-13-27-11-3-4-12-27/h6-9,16H,3-5,10-15,17H2,1-2H3. The first-order valence-electron chi connectivity index (χ1n) is 10.9. The summed E-state index contributed by atoms with van der Waals surface area (Å²) in [5.74, 6) is 1.58. The van der Waals surface area contributed by atoms with E-state index in [4.69, 9.17) is 9.72 Å². The van der Waals surface area contributed by atoms with Crippen molar-refractivity contribution in [3.8, 4) is 5.88 Å². The lowest BCUT2D eigenvalue weighted by Gasteiger charge is -2.29. The zero-order valence-electron chi connectivity index (χ0n) is 18.0. The Morgan fingerprint density at radius 1 is 1.13 bits per heavy atom. The minimum Gasteiger partial charge on any atom is -0.478 e. The van der Waals surface area contributed by atoms with E-state index in [2.05, 4.69) is 20.9 Å². The summed E-state index contributed by atoms with van der Waals surface area (Å²) >= 11 is 0. The van der Waals surface area contributed by atoms with Gasteiger partial charge in [-0.1, -0.05) is 6.07 Å². The SMILES string of the molecule is CN(C)C(=O)c1ccc(N2CCc3nc(OCCCN4CCCC4)ccc3C2)nc1. The van der Waals surface area contributed by atoms with Crippen LogP contribution in [0, 0.1) is 0 Å². The molecular formula is C23H31N5O2. The predicted molar refractivity (Wildman–Crippen MR) is 117 cm³/mol. The zero-order chi connectivity index (χ0) is 20.9. The minimum atomic E-state index is -0.0322. The number of hydrogen-bond donors (Lipinski definition) is 0. The molecule has 30 heavy (non-hydrogen) atoms. The van der Waals surface area contributed by atoms with E-state index in [1.54, 1.807) is 25.2 Å². The Kier molecular flexibility index (Phi) is 6.47. The molecule has 0 unspecified atom stereocenters. The molecule has 1 saturated heterocycles. The van der Waals surface area contributed by atoms with E-state index in [-0.39, 0.29) is 5.91 Å². The van der Waals surface area contributed by atoms with E-state index < -0.39 is 0 Å². The molecule has 0 spiro atoms. The van der Waals surface area contributed by atoms with Crippen LogP contribution in [0.5, 0.6) is 5.88 Å². The van der Waals surface area contributed by atoms with Gasteiger partial charge >= 0.3 is 0 Å². The first-order chi connectivity index (χ1) is 14.6. The topological polar surface area (TPSA) is 61.8 Å². The molecule has 0 N–H and O–H groups in total. The maximum atomic E-state index is 12.0. The van der Waals surface area contributed by atoms with Gasteiger partial charge in [0.25, 0.3) is 5.91 Å². The molecule has 0 aromatic carbocycles. The number of aromatic nitrogens is 2. The molecule has 2 aromatic heterocycles. The second-order valence-corrected chi connectivity index (χ2v) is 8.28. The number of anilines is 1. The number of rotatable bonds is 7. The van der Waals surface area contributed by atoms with Crippen LogP contribution in [0.15, 0.2) is 30.5 Å². The van der Waals surface area contributed by atoms with Crippen LogP contribution in [0.2, 0.25) is 0 Å². The monoisotopic (exact) mass is 409 g/mol. The highest BCUT2D eigenvalue weighted by Gasteiger charge is 2.20. The third kappa shape index (κ3) is 4.90. The van der Waals surface area contributed by atoms with Gasteiger partial charge in [0.05, 0.1) is 17.9 Å². The van der Waals surface area contributed by atoms with Gasteiger partial charge in [0, 0.05) is 52.4 Å². The Morgan fingerprint density at radius 3 is 2.70 bits per heavy atom. The normalized spacial score (nSPS) is 16.4. The van der Waals surface area contributed by atoms with Crippen molar-refractivity contribution in [2.75, 3.05) is 51.8 Å². The molecule has 0 atom stereocenters. The summed E-state index contributed by atoms with van der Waals surface area (Å²) in [5.41, 5.74) is 2.93. The quantitative estimate of drug-likeness (QED) is 0.655. The molecule has 4 heterocycles. The fraction of sp³-hybridized carbons (Fsp3) is 0.522. The number of carbonyl (C=O) groups excluding carboxylic acids is 1. The molecule has 0 radical (unpaired) electrons. The lowest BCUT2D eigenvalue weighted by Crippen LogP contribution is -2.31. The van der Waals surface area contributed by atoms with Gasteiger partial charge in [-0.15, -0.1) is 0 Å². The first kappa shape index (κ1) is 20.6. The number of amides is 1. The van der Waals surface area contributed by atoms with Crippen LogP contribution in [0.3, 0.4) is 0 Å². The summed E-state index contributed by atoms with van der Waals surface area (Å²) in [5, 5.41) is 0. The Bertz CT molecular complexity index is 862. The Balaban J connectivity index is 1.31. The Hall–Kier alpha value is -2.67. The van der Waals surface area contributed by atoms with Crippen molar-refractivity contribution >= 4 is 11.7 Å². The van der Waals surface area contributed by atoms with Crippen LogP contribution in [-0.4, -0.2) is 72.6 Å². The largest absolute Gasteiger partial charge is 0.478 e. The van der Waals surface area contributed by atoms with Crippen LogP contribution in [0.4, 0.5) is 5.82 Å². The van der Waals surface area contributed by atoms with E-state index in [0.717, 1.165) is 56.5 Å². The maximum absolute atomic E-state index is 12.0. The Labute approximate surface area is 178 Å². The van der Waals surface area contributed by atoms with Crippen LogP contribution in [0.25, 0.3) is 0 Å². The van der Waals surface area contributed by atoms with E-state index in [9.17, 15) is 4.79 Å². The van der Waals surface area contributed by atoms with Crippen molar-refractivity contribution in [1.29, 1.82) is 0 Å². The summed E-state index contributed by atoms with van der Waals surface area (Å²) in [7, 11) is 3.49. The van der Waals surface area contributed by atoms with Crippen LogP contribution >= 0.6 is 0 Å². The van der Waals surface area contributed by atoms with E-state index in [1.807, 2.05) is 18.2 Å². The molecule has 2 aromatic rings. The predicted octanol–water partition coefficient (Wildman–Crippen LogP) is 2.61. The van der Waals surface area contributed by atoms with Crippen molar-refractivity contribution in [2.24, 2.45) is 0 Å². The smallest absolute Gasteiger partial charge is 0.254 e. The number of pyridine rings is 2. The van der Waals surface area contributed by atoms with Crippen LogP contribution < -0.4 is 9.64 Å². The van der Waals surface area contributed by atoms with Gasteiger partial charge in [-0.2, -0.15) is 0 Å². The van der Waals surface area contributed by atoms with Crippen molar-refractivity contribution in [2.45, 2.75) is 32.2 Å². The molecule has 2 aliphatic heterocycles. The van der Waals surface area contributed by atoms with Gasteiger partial charge in [0.1, 0.15) is 5.82 Å². The van der Waals surface area contributed by atoms with Crippen molar-refractivity contribution in [3.63, 3.8) is 0 Å². The summed E-state index contributed by atoms with van der Waals surface area (Å²) in [6.07, 6.45) is 6.23. The third-order valence-electron chi connectivity index (χ3n) is 5.81. The molecule has 0 bridgehead atoms. The fourth-order valence-electron chi connectivity index (χ4n) is 4.10. The number of carbonyl (C=O) groups is 1.